The molecule has 0 saturated carbocycles. The smallest absolute Gasteiger partial charge is 0.344 e. The first-order chi connectivity index (χ1) is 6.92. The molecule has 0 aliphatic heterocycles. The highest BCUT2D eigenvalue weighted by atomic mass is 35.5. The molecule has 1 atom stereocenters. The molecule has 0 aromatic heterocycles. The number of carboxylic acids is 1. The third kappa shape index (κ3) is 3.40. The molecule has 0 aliphatic rings. The van der Waals surface area contributed by atoms with Gasteiger partial charge in [-0.1, -0.05) is 17.7 Å². The highest BCUT2D eigenvalue weighted by Gasteiger charge is 2.33. The maximum atomic E-state index is 13.2. The summed E-state index contributed by atoms with van der Waals surface area (Å²) in [6.07, 6.45) is 0. The van der Waals surface area contributed by atoms with Crippen molar-refractivity contribution in [3.8, 4) is 5.75 Å². The number of halogens is 2. The van der Waals surface area contributed by atoms with Crippen LogP contribution < -0.4 is 4.74 Å². The maximum Gasteiger partial charge on any atom is 0.344 e. The van der Waals surface area contributed by atoms with Gasteiger partial charge < -0.3 is 9.84 Å². The van der Waals surface area contributed by atoms with Crippen LogP contribution in [-0.4, -0.2) is 23.4 Å². The van der Waals surface area contributed by atoms with E-state index < -0.39 is 18.2 Å². The molecule has 1 aromatic rings. The Morgan fingerprint density at radius 3 is 2.87 bits per heavy atom. The Bertz CT molecular complexity index is 365. The second-order valence-corrected chi connectivity index (χ2v) is 3.69. The van der Waals surface area contributed by atoms with E-state index in [-0.39, 0.29) is 0 Å². The van der Waals surface area contributed by atoms with Gasteiger partial charge in [0.15, 0.2) is 0 Å². The van der Waals surface area contributed by atoms with E-state index in [0.29, 0.717) is 10.8 Å². The zero-order valence-electron chi connectivity index (χ0n) is 8.04. The predicted octanol–water partition coefficient (Wildman–Crippen LogP) is 2.53. The van der Waals surface area contributed by atoms with Crippen LogP contribution in [0.3, 0.4) is 0 Å². The molecule has 0 radical (unpaired) electrons. The fourth-order valence-corrected chi connectivity index (χ4v) is 1.02. The second-order valence-electron chi connectivity index (χ2n) is 3.25. The van der Waals surface area contributed by atoms with Crippen LogP contribution in [0.25, 0.3) is 0 Å². The van der Waals surface area contributed by atoms with Crippen LogP contribution in [0.4, 0.5) is 4.39 Å². The van der Waals surface area contributed by atoms with Crippen molar-refractivity contribution < 1.29 is 19.0 Å². The van der Waals surface area contributed by atoms with E-state index in [0.717, 1.165) is 6.92 Å². The van der Waals surface area contributed by atoms with Gasteiger partial charge in [0, 0.05) is 5.02 Å². The Morgan fingerprint density at radius 1 is 1.67 bits per heavy atom. The lowest BCUT2D eigenvalue weighted by atomic mass is 10.1. The number of benzene rings is 1. The largest absolute Gasteiger partial charge is 0.490 e. The van der Waals surface area contributed by atoms with Crippen LogP contribution in [0.15, 0.2) is 24.3 Å². The van der Waals surface area contributed by atoms with E-state index in [1.54, 1.807) is 18.2 Å². The van der Waals surface area contributed by atoms with Crippen molar-refractivity contribution in [1.29, 1.82) is 0 Å². The molecular formula is C10H10ClFO3. The van der Waals surface area contributed by atoms with Gasteiger partial charge in [-0.05, 0) is 25.1 Å². The van der Waals surface area contributed by atoms with Gasteiger partial charge in [-0.3, -0.25) is 0 Å². The molecule has 0 amide bonds. The van der Waals surface area contributed by atoms with Gasteiger partial charge in [-0.2, -0.15) is 0 Å². The van der Waals surface area contributed by atoms with Crippen molar-refractivity contribution in [2.24, 2.45) is 0 Å². The van der Waals surface area contributed by atoms with Gasteiger partial charge in [0.25, 0.3) is 0 Å². The number of alkyl halides is 1. The van der Waals surface area contributed by atoms with Crippen molar-refractivity contribution in [3.63, 3.8) is 0 Å². The van der Waals surface area contributed by atoms with Crippen molar-refractivity contribution in [3.05, 3.63) is 29.3 Å². The Kier molecular flexibility index (Phi) is 3.52. The van der Waals surface area contributed by atoms with Gasteiger partial charge in [0.1, 0.15) is 12.4 Å². The van der Waals surface area contributed by atoms with Crippen molar-refractivity contribution >= 4 is 17.6 Å². The summed E-state index contributed by atoms with van der Waals surface area (Å²) in [7, 11) is 0. The molecule has 1 aromatic carbocycles. The van der Waals surface area contributed by atoms with Crippen molar-refractivity contribution in [2.75, 3.05) is 6.61 Å². The molecule has 1 unspecified atom stereocenters. The summed E-state index contributed by atoms with van der Waals surface area (Å²) < 4.78 is 18.2. The summed E-state index contributed by atoms with van der Waals surface area (Å²) in [5, 5.41) is 8.94. The van der Waals surface area contributed by atoms with E-state index in [1.807, 2.05) is 0 Å². The highest BCUT2D eigenvalue weighted by Crippen LogP contribution is 2.19. The Hall–Kier alpha value is -1.29. The van der Waals surface area contributed by atoms with Gasteiger partial charge in [0.2, 0.25) is 5.67 Å². The molecule has 1 rings (SSSR count). The topological polar surface area (TPSA) is 46.5 Å². The third-order valence-electron chi connectivity index (χ3n) is 1.75. The average Bonchev–Trinajstić information content (AvgIpc) is 2.15. The van der Waals surface area contributed by atoms with Crippen molar-refractivity contribution in [2.45, 2.75) is 12.6 Å². The zero-order valence-corrected chi connectivity index (χ0v) is 8.79. The van der Waals surface area contributed by atoms with E-state index in [2.05, 4.69) is 0 Å². The predicted molar refractivity (Wildman–Crippen MR) is 54.1 cm³/mol. The first-order valence-corrected chi connectivity index (χ1v) is 4.60. The first-order valence-electron chi connectivity index (χ1n) is 4.22. The van der Waals surface area contributed by atoms with Crippen LogP contribution in [0.1, 0.15) is 6.92 Å². The number of aliphatic carboxylic acids is 1. The lowest BCUT2D eigenvalue weighted by Gasteiger charge is -2.15. The molecule has 0 fully saturated rings. The number of carboxylic acid groups (broad SMARTS) is 1. The molecular weight excluding hydrogens is 223 g/mol. The van der Waals surface area contributed by atoms with Crippen LogP contribution in [-0.2, 0) is 4.79 Å². The van der Waals surface area contributed by atoms with E-state index in [9.17, 15) is 9.18 Å². The van der Waals surface area contributed by atoms with E-state index in [1.165, 1.54) is 6.07 Å². The molecule has 3 nitrogen and oxygen atoms in total. The summed E-state index contributed by atoms with van der Waals surface area (Å²) in [6, 6.07) is 6.33. The number of carbonyl (C=O) groups is 1. The summed E-state index contributed by atoms with van der Waals surface area (Å²) in [4.78, 5) is 10.4. The number of hydrogen-bond donors (Lipinski definition) is 1. The molecule has 1 N–H and O–H groups in total. The summed E-state index contributed by atoms with van der Waals surface area (Å²) in [5.41, 5.74) is -2.40. The monoisotopic (exact) mass is 232 g/mol. The Morgan fingerprint density at radius 2 is 2.33 bits per heavy atom. The van der Waals surface area contributed by atoms with Gasteiger partial charge in [-0.25, -0.2) is 9.18 Å². The summed E-state index contributed by atoms with van der Waals surface area (Å²) in [6.45, 7) is 0.391. The van der Waals surface area contributed by atoms with E-state index in [4.69, 9.17) is 21.4 Å². The molecule has 0 spiro atoms. The third-order valence-corrected chi connectivity index (χ3v) is 1.99. The molecule has 82 valence electrons. The fourth-order valence-electron chi connectivity index (χ4n) is 0.837. The molecule has 0 bridgehead atoms. The number of hydrogen-bond acceptors (Lipinski definition) is 2. The maximum absolute atomic E-state index is 13.2. The molecule has 0 heterocycles. The Balaban J connectivity index is 2.61. The fraction of sp³-hybridized carbons (Fsp3) is 0.300. The van der Waals surface area contributed by atoms with Gasteiger partial charge >= 0.3 is 5.97 Å². The van der Waals surface area contributed by atoms with Crippen LogP contribution in [0.2, 0.25) is 5.02 Å². The van der Waals surface area contributed by atoms with Crippen LogP contribution >= 0.6 is 11.6 Å². The van der Waals surface area contributed by atoms with Gasteiger partial charge in [-0.15, -0.1) is 0 Å². The lowest BCUT2D eigenvalue weighted by Crippen LogP contribution is -2.36. The molecule has 15 heavy (non-hydrogen) atoms. The zero-order chi connectivity index (χ0) is 11.5. The minimum atomic E-state index is -2.40. The number of ether oxygens (including phenoxy) is 1. The second kappa shape index (κ2) is 4.49. The van der Waals surface area contributed by atoms with Crippen LogP contribution in [0.5, 0.6) is 5.75 Å². The summed E-state index contributed by atoms with van der Waals surface area (Å²) >= 11 is 5.67. The number of rotatable bonds is 4. The van der Waals surface area contributed by atoms with E-state index >= 15 is 0 Å². The van der Waals surface area contributed by atoms with Gasteiger partial charge in [0.05, 0.1) is 0 Å². The average molecular weight is 233 g/mol. The standard InChI is InChI=1S/C10H10ClFO3/c1-10(12,9(13)14)6-15-8-4-2-3-7(11)5-8/h2-5H,6H2,1H3,(H,13,14). The van der Waals surface area contributed by atoms with Crippen molar-refractivity contribution in [1.82, 2.24) is 0 Å². The SMILES string of the molecule is CC(F)(COc1cccc(Cl)c1)C(=O)O. The first kappa shape index (κ1) is 11.8. The molecule has 0 saturated heterocycles. The molecule has 5 heteroatoms. The Labute approximate surface area is 91.4 Å². The summed E-state index contributed by atoms with van der Waals surface area (Å²) in [5.74, 6) is -1.21. The quantitative estimate of drug-likeness (QED) is 0.868. The lowest BCUT2D eigenvalue weighted by molar-refractivity contribution is -0.151. The van der Waals surface area contributed by atoms with Crippen LogP contribution in [0, 0.1) is 0 Å². The minimum Gasteiger partial charge on any atom is -0.490 e. The highest BCUT2D eigenvalue weighted by molar-refractivity contribution is 6.30. The normalized spacial score (nSPS) is 14.3. The molecule has 0 aliphatic carbocycles. The minimum absolute atomic E-state index is 0.340.